The van der Waals surface area contributed by atoms with E-state index < -0.39 is 0 Å². The minimum Gasteiger partial charge on any atom is -0.491 e. The molecule has 0 bridgehead atoms. The molecule has 6 heteroatoms. The summed E-state index contributed by atoms with van der Waals surface area (Å²) >= 11 is 0. The summed E-state index contributed by atoms with van der Waals surface area (Å²) in [5.74, 6) is 0.843. The highest BCUT2D eigenvalue weighted by Gasteiger charge is 1.90. The third-order valence-corrected chi connectivity index (χ3v) is 2.34. The van der Waals surface area contributed by atoms with Crippen LogP contribution in [0.5, 0.6) is 5.75 Å². The van der Waals surface area contributed by atoms with Crippen molar-refractivity contribution in [2.24, 2.45) is 0 Å². The second kappa shape index (κ2) is 17.9. The Morgan fingerprint density at radius 2 is 1.27 bits per heavy atom. The molecule has 0 aromatic heterocycles. The summed E-state index contributed by atoms with van der Waals surface area (Å²) in [6.07, 6.45) is 0. The first-order valence-corrected chi connectivity index (χ1v) is 7.27. The van der Waals surface area contributed by atoms with Gasteiger partial charge in [0.15, 0.2) is 0 Å². The van der Waals surface area contributed by atoms with Gasteiger partial charge in [0, 0.05) is 14.2 Å². The molecule has 0 heterocycles. The fraction of sp³-hybridized carbons (Fsp3) is 0.625. The second-order valence-corrected chi connectivity index (χ2v) is 4.10. The molecule has 0 aliphatic carbocycles. The Hall–Kier alpha value is -1.18. The molecule has 128 valence electrons. The molecule has 0 radical (unpaired) electrons. The third kappa shape index (κ3) is 15.2. The summed E-state index contributed by atoms with van der Waals surface area (Å²) in [6.45, 7) is 4.08. The van der Waals surface area contributed by atoms with E-state index in [4.69, 9.17) is 28.8 Å². The first kappa shape index (κ1) is 20.8. The summed E-state index contributed by atoms with van der Waals surface area (Å²) in [5, 5.41) is 8.42. The monoisotopic (exact) mass is 316 g/mol. The van der Waals surface area contributed by atoms with E-state index in [1.807, 2.05) is 30.3 Å². The van der Waals surface area contributed by atoms with Crippen LogP contribution in [0.25, 0.3) is 0 Å². The molecule has 0 spiro atoms. The molecule has 0 saturated carbocycles. The Morgan fingerprint density at radius 3 is 1.82 bits per heavy atom. The Morgan fingerprint density at radius 1 is 0.727 bits per heavy atom. The number of aliphatic hydroxyl groups excluding tert-OH is 1. The third-order valence-electron chi connectivity index (χ3n) is 2.34. The van der Waals surface area contributed by atoms with Crippen molar-refractivity contribution in [2.75, 3.05) is 67.1 Å². The minimum atomic E-state index is 0.0609. The number of rotatable bonds is 12. The smallest absolute Gasteiger partial charge is 0.119 e. The van der Waals surface area contributed by atoms with Gasteiger partial charge < -0.3 is 28.8 Å². The van der Waals surface area contributed by atoms with Gasteiger partial charge in [-0.1, -0.05) is 18.2 Å². The van der Waals surface area contributed by atoms with E-state index in [9.17, 15) is 0 Å². The Balaban J connectivity index is 0.000000433. The van der Waals surface area contributed by atoms with Crippen molar-refractivity contribution in [3.05, 3.63) is 30.3 Å². The lowest BCUT2D eigenvalue weighted by Crippen LogP contribution is -2.08. The lowest BCUT2D eigenvalue weighted by atomic mass is 10.3. The minimum absolute atomic E-state index is 0.0609. The largest absolute Gasteiger partial charge is 0.491 e. The molecule has 22 heavy (non-hydrogen) atoms. The summed E-state index contributed by atoms with van der Waals surface area (Å²) in [5.41, 5.74) is 0. The van der Waals surface area contributed by atoms with Crippen molar-refractivity contribution in [3.8, 4) is 5.75 Å². The van der Waals surface area contributed by atoms with Crippen molar-refractivity contribution in [2.45, 2.75) is 0 Å². The number of benzene rings is 1. The molecule has 0 fully saturated rings. The van der Waals surface area contributed by atoms with Gasteiger partial charge in [-0.2, -0.15) is 0 Å². The van der Waals surface area contributed by atoms with Gasteiger partial charge in [0.2, 0.25) is 0 Å². The van der Waals surface area contributed by atoms with E-state index in [-0.39, 0.29) is 6.61 Å². The van der Waals surface area contributed by atoms with E-state index in [1.165, 1.54) is 0 Å². The van der Waals surface area contributed by atoms with Gasteiger partial charge in [0.05, 0.1) is 46.2 Å². The van der Waals surface area contributed by atoms with Gasteiger partial charge in [0.1, 0.15) is 12.4 Å². The molecule has 1 N–H and O–H groups in total. The Kier molecular flexibility index (Phi) is 16.9. The predicted molar refractivity (Wildman–Crippen MR) is 84.4 cm³/mol. The number of ether oxygens (including phenoxy) is 5. The first-order chi connectivity index (χ1) is 10.8. The van der Waals surface area contributed by atoms with Crippen LogP contribution < -0.4 is 4.74 Å². The van der Waals surface area contributed by atoms with Gasteiger partial charge in [-0.25, -0.2) is 0 Å². The fourth-order valence-corrected chi connectivity index (χ4v) is 1.29. The van der Waals surface area contributed by atoms with Crippen LogP contribution in [0.15, 0.2) is 30.3 Å². The van der Waals surface area contributed by atoms with E-state index in [2.05, 4.69) is 0 Å². The predicted octanol–water partition coefficient (Wildman–Crippen LogP) is 1.37. The lowest BCUT2D eigenvalue weighted by Gasteiger charge is -2.05. The molecule has 1 aromatic carbocycles. The van der Waals surface area contributed by atoms with E-state index in [0.29, 0.717) is 46.2 Å². The van der Waals surface area contributed by atoms with Crippen LogP contribution in [0.4, 0.5) is 0 Å². The molecule has 1 aromatic rings. The van der Waals surface area contributed by atoms with Crippen LogP contribution in [0, 0.1) is 0 Å². The summed E-state index contributed by atoms with van der Waals surface area (Å²) in [6, 6.07) is 9.57. The molecule has 6 nitrogen and oxygen atoms in total. The van der Waals surface area contributed by atoms with E-state index in [1.54, 1.807) is 14.2 Å². The Bertz CT molecular complexity index is 301. The van der Waals surface area contributed by atoms with Crippen LogP contribution in [-0.2, 0) is 18.9 Å². The fourth-order valence-electron chi connectivity index (χ4n) is 1.29. The molecule has 0 atom stereocenters. The van der Waals surface area contributed by atoms with Gasteiger partial charge in [-0.3, -0.25) is 0 Å². The summed E-state index contributed by atoms with van der Waals surface area (Å²) in [4.78, 5) is 0. The molecular weight excluding hydrogens is 288 g/mol. The maximum atomic E-state index is 8.42. The Labute approximate surface area is 132 Å². The van der Waals surface area contributed by atoms with Gasteiger partial charge in [-0.05, 0) is 12.1 Å². The van der Waals surface area contributed by atoms with Crippen molar-refractivity contribution in [1.82, 2.24) is 0 Å². The maximum Gasteiger partial charge on any atom is 0.119 e. The van der Waals surface area contributed by atoms with Crippen molar-refractivity contribution < 1.29 is 28.8 Å². The lowest BCUT2D eigenvalue weighted by molar-refractivity contribution is 0.0385. The van der Waals surface area contributed by atoms with Crippen LogP contribution >= 0.6 is 0 Å². The standard InChI is InChI=1S/C10H14O3.C6H14O3/c11-6-7-12-8-9-13-10-4-2-1-3-5-10;1-7-3-5-9-6-4-8-2/h1-5,11H,6-9H2;3-6H2,1-2H3. The zero-order valence-corrected chi connectivity index (χ0v) is 13.5. The summed E-state index contributed by atoms with van der Waals surface area (Å²) < 4.78 is 25.0. The molecule has 0 aliphatic heterocycles. The molecule has 0 saturated heterocycles. The van der Waals surface area contributed by atoms with Crippen molar-refractivity contribution in [1.29, 1.82) is 0 Å². The molecule has 0 aliphatic rings. The normalized spacial score (nSPS) is 9.95. The van der Waals surface area contributed by atoms with Crippen LogP contribution in [-0.4, -0.2) is 72.2 Å². The van der Waals surface area contributed by atoms with Gasteiger partial charge in [0.25, 0.3) is 0 Å². The van der Waals surface area contributed by atoms with Gasteiger partial charge >= 0.3 is 0 Å². The number of aliphatic hydroxyl groups is 1. The van der Waals surface area contributed by atoms with Crippen LogP contribution in [0.1, 0.15) is 0 Å². The SMILES string of the molecule is COCCOCCOC.OCCOCCOc1ccccc1. The maximum absolute atomic E-state index is 8.42. The molecular formula is C16H28O6. The zero-order valence-electron chi connectivity index (χ0n) is 13.5. The summed E-state index contributed by atoms with van der Waals surface area (Å²) in [7, 11) is 3.30. The van der Waals surface area contributed by atoms with Crippen LogP contribution in [0.3, 0.4) is 0 Å². The van der Waals surface area contributed by atoms with E-state index in [0.717, 1.165) is 5.75 Å². The highest BCUT2D eigenvalue weighted by Crippen LogP contribution is 2.07. The van der Waals surface area contributed by atoms with E-state index >= 15 is 0 Å². The quantitative estimate of drug-likeness (QED) is 0.588. The highest BCUT2D eigenvalue weighted by molar-refractivity contribution is 5.20. The second-order valence-electron chi connectivity index (χ2n) is 4.10. The topological polar surface area (TPSA) is 66.4 Å². The number of hydrogen-bond acceptors (Lipinski definition) is 6. The average Bonchev–Trinajstić information content (AvgIpc) is 2.56. The van der Waals surface area contributed by atoms with Crippen molar-refractivity contribution in [3.63, 3.8) is 0 Å². The first-order valence-electron chi connectivity index (χ1n) is 7.27. The number of para-hydroxylation sites is 1. The zero-order chi connectivity index (χ0) is 16.3. The van der Waals surface area contributed by atoms with Gasteiger partial charge in [-0.15, -0.1) is 0 Å². The average molecular weight is 316 g/mol. The molecule has 0 unspecified atom stereocenters. The molecule has 0 amide bonds. The van der Waals surface area contributed by atoms with Crippen molar-refractivity contribution >= 4 is 0 Å². The highest BCUT2D eigenvalue weighted by atomic mass is 16.5. The number of methoxy groups -OCH3 is 2. The molecule has 1 rings (SSSR count). The van der Waals surface area contributed by atoms with Crippen LogP contribution in [0.2, 0.25) is 0 Å². The number of hydrogen-bond donors (Lipinski definition) is 1.